The van der Waals surface area contributed by atoms with Gasteiger partial charge in [0.05, 0.1) is 5.56 Å². The van der Waals surface area contributed by atoms with Crippen molar-refractivity contribution < 1.29 is 13.2 Å². The van der Waals surface area contributed by atoms with Crippen LogP contribution in [-0.4, -0.2) is 45.8 Å². The van der Waals surface area contributed by atoms with Crippen molar-refractivity contribution in [1.29, 1.82) is 0 Å². The average Bonchev–Trinajstić information content (AvgIpc) is 2.60. The molecule has 0 bridgehead atoms. The van der Waals surface area contributed by atoms with Crippen LogP contribution < -0.4 is 16.1 Å². The van der Waals surface area contributed by atoms with Crippen molar-refractivity contribution >= 4 is 5.82 Å². The maximum absolute atomic E-state index is 13.1. The second-order valence-electron chi connectivity index (χ2n) is 6.13. The summed E-state index contributed by atoms with van der Waals surface area (Å²) >= 11 is 0. The molecule has 3 rings (SSSR count). The number of aromatic amines is 1. The molecule has 1 aromatic heterocycles. The molecule has 0 unspecified atom stereocenters. The number of aromatic nitrogens is 3. The third kappa shape index (κ3) is 3.64. The van der Waals surface area contributed by atoms with Gasteiger partial charge in [0.1, 0.15) is 0 Å². The number of benzene rings is 1. The van der Waals surface area contributed by atoms with E-state index in [1.807, 2.05) is 4.90 Å². The number of rotatable bonds is 3. The Hall–Kier alpha value is -2.62. The summed E-state index contributed by atoms with van der Waals surface area (Å²) in [7, 11) is 1.36. The van der Waals surface area contributed by atoms with Gasteiger partial charge in [-0.05, 0) is 11.6 Å². The first-order chi connectivity index (χ1) is 12.3. The van der Waals surface area contributed by atoms with Crippen LogP contribution in [0.4, 0.5) is 19.0 Å². The number of H-pyrrole nitrogens is 1. The molecule has 0 radical (unpaired) electrons. The Balaban J connectivity index is 1.70. The topological polar surface area (TPSA) is 74.2 Å². The molecule has 1 saturated heterocycles. The molecule has 0 aliphatic carbocycles. The Labute approximate surface area is 146 Å². The lowest BCUT2D eigenvalue weighted by Gasteiger charge is -2.35. The zero-order valence-corrected chi connectivity index (χ0v) is 14.1. The second-order valence-corrected chi connectivity index (χ2v) is 6.13. The predicted molar refractivity (Wildman–Crippen MR) is 89.0 cm³/mol. The van der Waals surface area contributed by atoms with E-state index in [2.05, 4.69) is 10.2 Å². The van der Waals surface area contributed by atoms with Gasteiger partial charge in [0.25, 0.3) is 5.56 Å². The first kappa shape index (κ1) is 18.2. The minimum atomic E-state index is -4.38. The molecule has 1 N–H and O–H groups in total. The van der Waals surface area contributed by atoms with E-state index in [1.54, 1.807) is 11.0 Å². The quantitative estimate of drug-likeness (QED) is 0.867. The highest BCUT2D eigenvalue weighted by atomic mass is 19.4. The first-order valence-corrected chi connectivity index (χ1v) is 8.05. The summed E-state index contributed by atoms with van der Waals surface area (Å²) in [5, 5.41) is 6.06. The van der Waals surface area contributed by atoms with Gasteiger partial charge in [-0.3, -0.25) is 14.3 Å². The fourth-order valence-corrected chi connectivity index (χ4v) is 2.97. The summed E-state index contributed by atoms with van der Waals surface area (Å²) in [6.45, 7) is 2.01. The first-order valence-electron chi connectivity index (χ1n) is 8.05. The van der Waals surface area contributed by atoms with Crippen LogP contribution in [0.3, 0.4) is 0 Å². The normalized spacial score (nSPS) is 16.1. The van der Waals surface area contributed by atoms with Crippen molar-refractivity contribution in [2.24, 2.45) is 7.05 Å². The fraction of sp³-hybridized carbons (Fsp3) is 0.438. The largest absolute Gasteiger partial charge is 0.416 e. The Kier molecular flexibility index (Phi) is 4.86. The van der Waals surface area contributed by atoms with Crippen molar-refractivity contribution in [2.75, 3.05) is 31.1 Å². The number of nitrogens with one attached hydrogen (secondary N) is 1. The molecule has 2 aromatic rings. The average molecular weight is 369 g/mol. The molecule has 0 saturated carbocycles. The van der Waals surface area contributed by atoms with Gasteiger partial charge in [-0.1, -0.05) is 18.2 Å². The van der Waals surface area contributed by atoms with E-state index >= 15 is 0 Å². The summed E-state index contributed by atoms with van der Waals surface area (Å²) in [6, 6.07) is 5.53. The molecule has 2 heterocycles. The van der Waals surface area contributed by atoms with Gasteiger partial charge in [-0.25, -0.2) is 9.89 Å². The Morgan fingerprint density at radius 1 is 1.12 bits per heavy atom. The molecule has 1 fully saturated rings. The zero-order chi connectivity index (χ0) is 18.9. The lowest BCUT2D eigenvalue weighted by atomic mass is 10.1. The number of alkyl halides is 3. The maximum Gasteiger partial charge on any atom is 0.416 e. The third-order valence-electron chi connectivity index (χ3n) is 4.45. The van der Waals surface area contributed by atoms with Gasteiger partial charge in [-0.15, -0.1) is 5.10 Å². The van der Waals surface area contributed by atoms with Crippen molar-refractivity contribution in [1.82, 2.24) is 19.7 Å². The van der Waals surface area contributed by atoms with E-state index in [-0.39, 0.29) is 17.9 Å². The van der Waals surface area contributed by atoms with Crippen LogP contribution in [0.25, 0.3) is 0 Å². The molecule has 0 spiro atoms. The highest BCUT2D eigenvalue weighted by Gasteiger charge is 2.33. The van der Waals surface area contributed by atoms with Gasteiger partial charge in [-0.2, -0.15) is 13.2 Å². The smallest absolute Gasteiger partial charge is 0.348 e. The minimum absolute atomic E-state index is 0.141. The molecule has 1 aliphatic heterocycles. The van der Waals surface area contributed by atoms with Crippen LogP contribution in [0.5, 0.6) is 0 Å². The van der Waals surface area contributed by atoms with E-state index < -0.39 is 23.0 Å². The van der Waals surface area contributed by atoms with E-state index in [9.17, 15) is 22.8 Å². The molecule has 1 aliphatic rings. The fourth-order valence-electron chi connectivity index (χ4n) is 2.97. The van der Waals surface area contributed by atoms with Crippen molar-refractivity contribution in [3.63, 3.8) is 0 Å². The van der Waals surface area contributed by atoms with Crippen molar-refractivity contribution in [3.8, 4) is 0 Å². The summed E-state index contributed by atoms with van der Waals surface area (Å²) < 4.78 is 40.2. The van der Waals surface area contributed by atoms with Gasteiger partial charge in [0.2, 0.25) is 5.82 Å². The number of piperazine rings is 1. The summed E-state index contributed by atoms with van der Waals surface area (Å²) in [5.74, 6) is 0.141. The molecule has 0 atom stereocenters. The van der Waals surface area contributed by atoms with Gasteiger partial charge >= 0.3 is 11.9 Å². The van der Waals surface area contributed by atoms with E-state index in [0.717, 1.165) is 10.6 Å². The van der Waals surface area contributed by atoms with Crippen LogP contribution in [0.1, 0.15) is 11.1 Å². The summed E-state index contributed by atoms with van der Waals surface area (Å²) in [6.07, 6.45) is -4.38. The van der Waals surface area contributed by atoms with Crippen molar-refractivity contribution in [3.05, 3.63) is 56.2 Å². The van der Waals surface area contributed by atoms with E-state index in [4.69, 9.17) is 0 Å². The number of nitrogens with zero attached hydrogens (tertiary/aromatic N) is 4. The highest BCUT2D eigenvalue weighted by Crippen LogP contribution is 2.32. The van der Waals surface area contributed by atoms with Gasteiger partial charge < -0.3 is 4.90 Å². The number of halogens is 3. The standard InChI is InChI=1S/C16H18F3N5O2/c1-22-14(25)13(20-21-15(22)26)24-8-6-23(7-9-24)10-11-4-2-3-5-12(11)16(17,18)19/h2-5H,6-10H2,1H3,(H,21,26). The van der Waals surface area contributed by atoms with Crippen LogP contribution >= 0.6 is 0 Å². The highest BCUT2D eigenvalue weighted by molar-refractivity contribution is 5.35. The van der Waals surface area contributed by atoms with Gasteiger partial charge in [0.15, 0.2) is 0 Å². The lowest BCUT2D eigenvalue weighted by molar-refractivity contribution is -0.138. The summed E-state index contributed by atoms with van der Waals surface area (Å²) in [5.41, 5.74) is -1.49. The third-order valence-corrected chi connectivity index (χ3v) is 4.45. The second kappa shape index (κ2) is 6.94. The molecular weight excluding hydrogens is 351 g/mol. The predicted octanol–water partition coefficient (Wildman–Crippen LogP) is 0.810. The van der Waals surface area contributed by atoms with E-state index in [0.29, 0.717) is 26.2 Å². The molecule has 10 heteroatoms. The van der Waals surface area contributed by atoms with Crippen LogP contribution in [0.15, 0.2) is 33.9 Å². The van der Waals surface area contributed by atoms with Crippen LogP contribution in [0, 0.1) is 0 Å². The molecule has 26 heavy (non-hydrogen) atoms. The zero-order valence-electron chi connectivity index (χ0n) is 14.1. The molecule has 7 nitrogen and oxygen atoms in total. The monoisotopic (exact) mass is 369 g/mol. The number of anilines is 1. The van der Waals surface area contributed by atoms with Crippen LogP contribution in [0.2, 0.25) is 0 Å². The lowest BCUT2D eigenvalue weighted by Crippen LogP contribution is -2.49. The number of hydrogen-bond acceptors (Lipinski definition) is 5. The Bertz CT molecular complexity index is 898. The molecule has 140 valence electrons. The maximum atomic E-state index is 13.1. The van der Waals surface area contributed by atoms with E-state index in [1.165, 1.54) is 19.2 Å². The minimum Gasteiger partial charge on any atom is -0.348 e. The molecule has 1 aromatic carbocycles. The molecule has 0 amide bonds. The Morgan fingerprint density at radius 3 is 2.42 bits per heavy atom. The summed E-state index contributed by atoms with van der Waals surface area (Å²) in [4.78, 5) is 27.1. The SMILES string of the molecule is Cn1c(=O)[nH]nc(N2CCN(Cc3ccccc3C(F)(F)F)CC2)c1=O. The Morgan fingerprint density at radius 2 is 1.77 bits per heavy atom. The van der Waals surface area contributed by atoms with Crippen LogP contribution in [-0.2, 0) is 19.8 Å². The number of hydrogen-bond donors (Lipinski definition) is 1. The molecular formula is C16H18F3N5O2. The van der Waals surface area contributed by atoms with Crippen molar-refractivity contribution in [2.45, 2.75) is 12.7 Å². The van der Waals surface area contributed by atoms with Gasteiger partial charge in [0, 0.05) is 39.8 Å².